The van der Waals surface area contributed by atoms with Crippen LogP contribution in [0.1, 0.15) is 31.4 Å². The Bertz CT molecular complexity index is 601. The highest BCUT2D eigenvalue weighted by Gasteiger charge is 2.30. The first-order valence-corrected chi connectivity index (χ1v) is 6.61. The summed E-state index contributed by atoms with van der Waals surface area (Å²) in [6, 6.07) is 3.77. The smallest absolute Gasteiger partial charge is 0.237 e. The van der Waals surface area contributed by atoms with Crippen LogP contribution in [0.15, 0.2) is 18.3 Å². The summed E-state index contributed by atoms with van der Waals surface area (Å²) in [5.74, 6) is 1.07. The molecule has 0 aliphatic heterocycles. The van der Waals surface area contributed by atoms with Crippen molar-refractivity contribution in [2.24, 2.45) is 0 Å². The molecule has 0 radical (unpaired) electrons. The van der Waals surface area contributed by atoms with Gasteiger partial charge in [0.25, 0.3) is 0 Å². The molecule has 1 saturated carbocycles. The van der Waals surface area contributed by atoms with Crippen LogP contribution in [0.25, 0.3) is 11.3 Å². The average molecular weight is 258 g/mol. The molecule has 100 valence electrons. The van der Waals surface area contributed by atoms with Crippen molar-refractivity contribution in [1.82, 2.24) is 14.8 Å². The summed E-state index contributed by atoms with van der Waals surface area (Å²) in [4.78, 5) is 4.48. The van der Waals surface area contributed by atoms with Crippen molar-refractivity contribution in [1.29, 1.82) is 0 Å². The van der Waals surface area contributed by atoms with E-state index >= 15 is 0 Å². The zero-order valence-electron chi connectivity index (χ0n) is 11.3. The second kappa shape index (κ2) is 4.57. The summed E-state index contributed by atoms with van der Waals surface area (Å²) < 4.78 is 7.16. The van der Waals surface area contributed by atoms with Gasteiger partial charge in [0.15, 0.2) is 0 Å². The Balaban J connectivity index is 2.07. The van der Waals surface area contributed by atoms with Crippen LogP contribution in [0, 0.1) is 0 Å². The maximum absolute atomic E-state index is 5.81. The van der Waals surface area contributed by atoms with Crippen molar-refractivity contribution in [3.05, 3.63) is 24.0 Å². The SMILES string of the molecule is CCn1cc(-c2ccc(N)c(OC)n2)c(C2CC2)n1. The number of rotatable bonds is 4. The van der Waals surface area contributed by atoms with Crippen LogP contribution in [-0.2, 0) is 6.54 Å². The number of pyridine rings is 1. The number of nitrogens with zero attached hydrogens (tertiary/aromatic N) is 3. The van der Waals surface area contributed by atoms with Crippen LogP contribution >= 0.6 is 0 Å². The predicted octanol–water partition coefficient (Wildman–Crippen LogP) is 2.43. The van der Waals surface area contributed by atoms with Crippen molar-refractivity contribution in [2.75, 3.05) is 12.8 Å². The van der Waals surface area contributed by atoms with E-state index in [9.17, 15) is 0 Å². The molecule has 0 aromatic carbocycles. The average Bonchev–Trinajstić information content (AvgIpc) is 3.19. The van der Waals surface area contributed by atoms with Gasteiger partial charge in [-0.2, -0.15) is 5.10 Å². The predicted molar refractivity (Wildman–Crippen MR) is 74.1 cm³/mol. The van der Waals surface area contributed by atoms with Gasteiger partial charge in [-0.3, -0.25) is 4.68 Å². The van der Waals surface area contributed by atoms with Crippen molar-refractivity contribution < 1.29 is 4.74 Å². The summed E-state index contributed by atoms with van der Waals surface area (Å²) in [5, 5.41) is 4.65. The standard InChI is InChI=1S/C14H18N4O/c1-3-18-8-10(13(17-18)9-4-5-9)12-7-6-11(15)14(16-12)19-2/h6-9H,3-5,15H2,1-2H3. The molecule has 1 aliphatic rings. The fourth-order valence-corrected chi connectivity index (χ4v) is 2.22. The molecule has 3 rings (SSSR count). The van der Waals surface area contributed by atoms with E-state index in [2.05, 4.69) is 23.2 Å². The second-order valence-corrected chi connectivity index (χ2v) is 4.85. The first kappa shape index (κ1) is 12.0. The Hall–Kier alpha value is -2.04. The van der Waals surface area contributed by atoms with Gasteiger partial charge in [0.05, 0.1) is 24.2 Å². The molecule has 0 bridgehead atoms. The highest BCUT2D eigenvalue weighted by Crippen LogP contribution is 2.43. The van der Waals surface area contributed by atoms with E-state index in [1.165, 1.54) is 12.8 Å². The summed E-state index contributed by atoms with van der Waals surface area (Å²) in [7, 11) is 1.58. The molecule has 2 aromatic heterocycles. The maximum Gasteiger partial charge on any atom is 0.237 e. The third-order valence-electron chi connectivity index (χ3n) is 3.44. The summed E-state index contributed by atoms with van der Waals surface area (Å²) in [6.45, 7) is 2.95. The van der Waals surface area contributed by atoms with Crippen molar-refractivity contribution in [2.45, 2.75) is 32.2 Å². The molecule has 0 amide bonds. The van der Waals surface area contributed by atoms with E-state index in [1.54, 1.807) is 7.11 Å². The molecule has 19 heavy (non-hydrogen) atoms. The molecule has 2 N–H and O–H groups in total. The first-order valence-electron chi connectivity index (χ1n) is 6.61. The Kier molecular flexibility index (Phi) is 2.89. The van der Waals surface area contributed by atoms with Gasteiger partial charge in [0.1, 0.15) is 0 Å². The van der Waals surface area contributed by atoms with Crippen molar-refractivity contribution in [3.63, 3.8) is 0 Å². The lowest BCUT2D eigenvalue weighted by atomic mass is 10.1. The third-order valence-corrected chi connectivity index (χ3v) is 3.44. The number of aromatic nitrogens is 3. The highest BCUT2D eigenvalue weighted by molar-refractivity contribution is 5.66. The van der Waals surface area contributed by atoms with Gasteiger partial charge in [-0.15, -0.1) is 0 Å². The first-order chi connectivity index (χ1) is 9.22. The quantitative estimate of drug-likeness (QED) is 0.914. The molecule has 2 aromatic rings. The Morgan fingerprint density at radius 1 is 1.42 bits per heavy atom. The second-order valence-electron chi connectivity index (χ2n) is 4.85. The number of nitrogens with two attached hydrogens (primary N) is 1. The fourth-order valence-electron chi connectivity index (χ4n) is 2.22. The van der Waals surface area contributed by atoms with E-state index < -0.39 is 0 Å². The van der Waals surface area contributed by atoms with Crippen LogP contribution in [0.3, 0.4) is 0 Å². The minimum atomic E-state index is 0.475. The number of hydrogen-bond acceptors (Lipinski definition) is 4. The molecule has 0 spiro atoms. The van der Waals surface area contributed by atoms with Gasteiger partial charge in [-0.05, 0) is 31.9 Å². The van der Waals surface area contributed by atoms with Crippen molar-refractivity contribution >= 4 is 5.69 Å². The Morgan fingerprint density at radius 2 is 2.21 bits per heavy atom. The van der Waals surface area contributed by atoms with Gasteiger partial charge in [0.2, 0.25) is 5.88 Å². The van der Waals surface area contributed by atoms with Gasteiger partial charge < -0.3 is 10.5 Å². The molecular formula is C14H18N4O. The number of nitrogen functional groups attached to an aromatic ring is 1. The van der Waals surface area contributed by atoms with Crippen LogP contribution in [-0.4, -0.2) is 21.9 Å². The Morgan fingerprint density at radius 3 is 2.84 bits per heavy atom. The third kappa shape index (κ3) is 2.16. The molecule has 5 nitrogen and oxygen atoms in total. The topological polar surface area (TPSA) is 66.0 Å². The molecule has 0 saturated heterocycles. The van der Waals surface area contributed by atoms with E-state index in [-0.39, 0.29) is 0 Å². The molecular weight excluding hydrogens is 240 g/mol. The van der Waals surface area contributed by atoms with E-state index in [0.29, 0.717) is 17.5 Å². The van der Waals surface area contributed by atoms with E-state index in [0.717, 1.165) is 23.5 Å². The summed E-state index contributed by atoms with van der Waals surface area (Å²) >= 11 is 0. The van der Waals surface area contributed by atoms with E-state index in [1.807, 2.05) is 16.8 Å². The molecule has 1 aliphatic carbocycles. The minimum absolute atomic E-state index is 0.475. The molecule has 5 heteroatoms. The van der Waals surface area contributed by atoms with Gasteiger partial charge in [-0.1, -0.05) is 0 Å². The fraction of sp³-hybridized carbons (Fsp3) is 0.429. The summed E-state index contributed by atoms with van der Waals surface area (Å²) in [6.07, 6.45) is 4.51. The molecule has 0 atom stereocenters. The zero-order valence-corrected chi connectivity index (χ0v) is 11.3. The van der Waals surface area contributed by atoms with Gasteiger partial charge in [0, 0.05) is 24.2 Å². The monoisotopic (exact) mass is 258 g/mol. The van der Waals surface area contributed by atoms with Crippen LogP contribution in [0.2, 0.25) is 0 Å². The van der Waals surface area contributed by atoms with Crippen LogP contribution in [0.5, 0.6) is 5.88 Å². The number of ether oxygens (including phenoxy) is 1. The number of aryl methyl sites for hydroxylation is 1. The number of methoxy groups -OCH3 is 1. The lowest BCUT2D eigenvalue weighted by Crippen LogP contribution is -1.97. The number of hydrogen-bond donors (Lipinski definition) is 1. The molecule has 1 fully saturated rings. The normalized spacial score (nSPS) is 14.6. The lowest BCUT2D eigenvalue weighted by Gasteiger charge is -2.06. The van der Waals surface area contributed by atoms with Crippen molar-refractivity contribution in [3.8, 4) is 17.1 Å². The molecule has 2 heterocycles. The largest absolute Gasteiger partial charge is 0.480 e. The number of anilines is 1. The van der Waals surface area contributed by atoms with Crippen LogP contribution < -0.4 is 10.5 Å². The summed E-state index contributed by atoms with van der Waals surface area (Å²) in [5.41, 5.74) is 9.50. The van der Waals surface area contributed by atoms with Gasteiger partial charge in [-0.25, -0.2) is 4.98 Å². The lowest BCUT2D eigenvalue weighted by molar-refractivity contribution is 0.401. The van der Waals surface area contributed by atoms with E-state index in [4.69, 9.17) is 10.5 Å². The Labute approximate surface area is 112 Å². The maximum atomic E-state index is 5.81. The minimum Gasteiger partial charge on any atom is -0.480 e. The zero-order chi connectivity index (χ0) is 13.4. The molecule has 0 unspecified atom stereocenters. The van der Waals surface area contributed by atoms with Crippen LogP contribution in [0.4, 0.5) is 5.69 Å². The van der Waals surface area contributed by atoms with Gasteiger partial charge >= 0.3 is 0 Å². The highest BCUT2D eigenvalue weighted by atomic mass is 16.5.